The average Bonchev–Trinajstić information content (AvgIpc) is 3.00. The summed E-state index contributed by atoms with van der Waals surface area (Å²) in [5, 5.41) is 0.713. The quantitative estimate of drug-likeness (QED) is 0.549. The number of aliphatic imine (C=N–C) groups is 1. The molecule has 0 aromatic heterocycles. The van der Waals surface area contributed by atoms with Crippen molar-refractivity contribution in [2.45, 2.75) is 18.8 Å². The maximum atomic E-state index is 13.3. The van der Waals surface area contributed by atoms with Crippen LogP contribution < -0.4 is 0 Å². The van der Waals surface area contributed by atoms with E-state index in [0.29, 0.717) is 17.9 Å². The Balaban J connectivity index is 1.67. The van der Waals surface area contributed by atoms with Gasteiger partial charge in [0.25, 0.3) is 0 Å². The molecule has 1 fully saturated rings. The van der Waals surface area contributed by atoms with Crippen LogP contribution in [0, 0.1) is 5.92 Å². The summed E-state index contributed by atoms with van der Waals surface area (Å²) in [6.07, 6.45) is 1.41. The molecule has 4 rings (SSSR count). The van der Waals surface area contributed by atoms with Crippen LogP contribution in [0.2, 0.25) is 5.02 Å². The zero-order valence-electron chi connectivity index (χ0n) is 14.9. The number of nitrogens with zero attached hydrogens (tertiary/aromatic N) is 1. The molecule has 0 amide bonds. The Hall–Kier alpha value is -2.71. The predicted molar refractivity (Wildman–Crippen MR) is 111 cm³/mol. The smallest absolute Gasteiger partial charge is 0.149 e. The SMILES string of the molecule is O=C1C(Cc2ccc(Cl)cc2)CC(=Nc2ccccc2)C1c1ccccc1. The van der Waals surface area contributed by atoms with E-state index in [4.69, 9.17) is 16.6 Å². The molecular weight excluding hydrogens is 354 g/mol. The number of Topliss-reactive ketones (excluding diaryl/α,β-unsaturated/α-hetero) is 1. The van der Waals surface area contributed by atoms with Crippen LogP contribution in [0.3, 0.4) is 0 Å². The van der Waals surface area contributed by atoms with Crippen LogP contribution in [0.1, 0.15) is 23.5 Å². The van der Waals surface area contributed by atoms with Gasteiger partial charge in [-0.15, -0.1) is 0 Å². The fraction of sp³-hybridized carbons (Fsp3) is 0.167. The summed E-state index contributed by atoms with van der Waals surface area (Å²) in [5.74, 6) is -0.0617. The minimum atomic E-state index is -0.260. The summed E-state index contributed by atoms with van der Waals surface area (Å²) in [6, 6.07) is 27.6. The standard InChI is InChI=1S/C24H20ClNO/c25-20-13-11-17(12-14-20)15-19-16-22(26-21-9-5-2-6-10-21)23(24(19)27)18-7-3-1-4-8-18/h1-14,19,23H,15-16H2. The molecule has 3 aromatic carbocycles. The lowest BCUT2D eigenvalue weighted by Crippen LogP contribution is -2.16. The lowest BCUT2D eigenvalue weighted by molar-refractivity contribution is -0.121. The first kappa shape index (κ1) is 17.7. The zero-order chi connectivity index (χ0) is 18.6. The highest BCUT2D eigenvalue weighted by Gasteiger charge is 2.40. The molecule has 0 heterocycles. The van der Waals surface area contributed by atoms with Crippen LogP contribution in [-0.2, 0) is 11.2 Å². The number of benzene rings is 3. The van der Waals surface area contributed by atoms with Crippen molar-refractivity contribution in [1.82, 2.24) is 0 Å². The van der Waals surface area contributed by atoms with Gasteiger partial charge in [-0.1, -0.05) is 72.3 Å². The van der Waals surface area contributed by atoms with Gasteiger partial charge in [0.15, 0.2) is 0 Å². The number of ketones is 1. The van der Waals surface area contributed by atoms with Gasteiger partial charge in [-0.3, -0.25) is 9.79 Å². The number of hydrogen-bond acceptors (Lipinski definition) is 2. The van der Waals surface area contributed by atoms with Gasteiger partial charge in [0.2, 0.25) is 0 Å². The zero-order valence-corrected chi connectivity index (χ0v) is 15.6. The summed E-state index contributed by atoms with van der Waals surface area (Å²) >= 11 is 5.99. The van der Waals surface area contributed by atoms with Crippen LogP contribution in [0.5, 0.6) is 0 Å². The summed E-state index contributed by atoms with van der Waals surface area (Å²) in [4.78, 5) is 18.1. The number of rotatable bonds is 4. The van der Waals surface area contributed by atoms with Crippen molar-refractivity contribution < 1.29 is 4.79 Å². The Morgan fingerprint density at radius 2 is 1.48 bits per heavy atom. The van der Waals surface area contributed by atoms with E-state index < -0.39 is 0 Å². The van der Waals surface area contributed by atoms with Crippen molar-refractivity contribution in [1.29, 1.82) is 0 Å². The van der Waals surface area contributed by atoms with Crippen LogP contribution in [0.4, 0.5) is 5.69 Å². The largest absolute Gasteiger partial charge is 0.298 e. The molecule has 2 atom stereocenters. The second-order valence-corrected chi connectivity index (χ2v) is 7.35. The van der Waals surface area contributed by atoms with Crippen LogP contribution in [0.25, 0.3) is 0 Å². The van der Waals surface area contributed by atoms with E-state index in [-0.39, 0.29) is 17.6 Å². The second-order valence-electron chi connectivity index (χ2n) is 6.92. The van der Waals surface area contributed by atoms with Crippen molar-refractivity contribution in [2.24, 2.45) is 10.9 Å². The van der Waals surface area contributed by atoms with E-state index in [9.17, 15) is 4.79 Å². The molecule has 1 aliphatic carbocycles. The molecule has 0 bridgehead atoms. The van der Waals surface area contributed by atoms with Crippen molar-refractivity contribution in [3.63, 3.8) is 0 Å². The highest BCUT2D eigenvalue weighted by molar-refractivity contribution is 6.30. The van der Waals surface area contributed by atoms with Gasteiger partial charge >= 0.3 is 0 Å². The monoisotopic (exact) mass is 373 g/mol. The topological polar surface area (TPSA) is 29.4 Å². The summed E-state index contributed by atoms with van der Waals surface area (Å²) in [7, 11) is 0. The average molecular weight is 374 g/mol. The number of para-hydroxylation sites is 1. The highest BCUT2D eigenvalue weighted by atomic mass is 35.5. The lowest BCUT2D eigenvalue weighted by Gasteiger charge is -2.11. The Kier molecular flexibility index (Phi) is 5.17. The van der Waals surface area contributed by atoms with Gasteiger partial charge in [-0.05, 0) is 48.2 Å². The maximum absolute atomic E-state index is 13.3. The first-order chi connectivity index (χ1) is 13.2. The van der Waals surface area contributed by atoms with E-state index in [1.807, 2.05) is 84.9 Å². The molecule has 0 radical (unpaired) electrons. The van der Waals surface area contributed by atoms with Crippen LogP contribution in [-0.4, -0.2) is 11.5 Å². The Morgan fingerprint density at radius 1 is 0.852 bits per heavy atom. The van der Waals surface area contributed by atoms with Gasteiger partial charge < -0.3 is 0 Å². The molecule has 27 heavy (non-hydrogen) atoms. The molecule has 0 saturated heterocycles. The molecule has 0 N–H and O–H groups in total. The van der Waals surface area contributed by atoms with Crippen LogP contribution in [0.15, 0.2) is 89.9 Å². The fourth-order valence-electron chi connectivity index (χ4n) is 3.73. The third kappa shape index (κ3) is 4.01. The minimum Gasteiger partial charge on any atom is -0.298 e. The molecule has 3 heteroatoms. The maximum Gasteiger partial charge on any atom is 0.149 e. The lowest BCUT2D eigenvalue weighted by atomic mass is 9.92. The number of carbonyl (C=O) groups excluding carboxylic acids is 1. The van der Waals surface area contributed by atoms with Crippen molar-refractivity contribution >= 4 is 28.8 Å². The van der Waals surface area contributed by atoms with E-state index in [1.54, 1.807) is 0 Å². The normalized spacial score (nSPS) is 20.9. The first-order valence-corrected chi connectivity index (χ1v) is 9.54. The first-order valence-electron chi connectivity index (χ1n) is 9.16. The molecule has 1 aliphatic rings. The molecule has 2 nitrogen and oxygen atoms in total. The van der Waals surface area contributed by atoms with Gasteiger partial charge in [0.05, 0.1) is 11.6 Å². The summed E-state index contributed by atoms with van der Waals surface area (Å²) < 4.78 is 0. The Bertz CT molecular complexity index is 949. The molecule has 3 aromatic rings. The van der Waals surface area contributed by atoms with Gasteiger partial charge in [0.1, 0.15) is 5.78 Å². The molecule has 0 aliphatic heterocycles. The third-order valence-electron chi connectivity index (χ3n) is 5.03. The van der Waals surface area contributed by atoms with Gasteiger partial charge in [-0.25, -0.2) is 0 Å². The van der Waals surface area contributed by atoms with Crippen molar-refractivity contribution in [3.8, 4) is 0 Å². The molecule has 2 unspecified atom stereocenters. The van der Waals surface area contributed by atoms with E-state index in [0.717, 1.165) is 22.5 Å². The third-order valence-corrected chi connectivity index (χ3v) is 5.28. The number of halogens is 1. The minimum absolute atomic E-state index is 0.0566. The Labute approximate surface area is 164 Å². The highest BCUT2D eigenvalue weighted by Crippen LogP contribution is 2.36. The molecule has 0 spiro atoms. The summed E-state index contributed by atoms with van der Waals surface area (Å²) in [5.41, 5.74) is 4.01. The molecular formula is C24H20ClNO. The number of hydrogen-bond donors (Lipinski definition) is 0. The van der Waals surface area contributed by atoms with E-state index in [1.165, 1.54) is 0 Å². The molecule has 1 saturated carbocycles. The van der Waals surface area contributed by atoms with Gasteiger partial charge in [-0.2, -0.15) is 0 Å². The molecule has 134 valence electrons. The van der Waals surface area contributed by atoms with E-state index >= 15 is 0 Å². The van der Waals surface area contributed by atoms with Crippen LogP contribution >= 0.6 is 11.6 Å². The number of carbonyl (C=O) groups is 1. The van der Waals surface area contributed by atoms with Gasteiger partial charge in [0, 0.05) is 16.7 Å². The second kappa shape index (κ2) is 7.89. The van der Waals surface area contributed by atoms with E-state index in [2.05, 4.69) is 0 Å². The predicted octanol–water partition coefficient (Wildman–Crippen LogP) is 6.03. The van der Waals surface area contributed by atoms with Crippen molar-refractivity contribution in [2.75, 3.05) is 0 Å². The summed E-state index contributed by atoms with van der Waals surface area (Å²) in [6.45, 7) is 0. The fourth-order valence-corrected chi connectivity index (χ4v) is 3.86. The Morgan fingerprint density at radius 3 is 2.15 bits per heavy atom. The van der Waals surface area contributed by atoms with Crippen molar-refractivity contribution in [3.05, 3.63) is 101 Å².